The largest absolute Gasteiger partial charge is 0.453 e. The summed E-state index contributed by atoms with van der Waals surface area (Å²) < 4.78 is 6.30. The predicted octanol–water partition coefficient (Wildman–Crippen LogP) is -0.259. The van der Waals surface area contributed by atoms with Gasteiger partial charge in [-0.1, -0.05) is 0 Å². The number of fused-ring (bicyclic) bond motifs is 1. The second kappa shape index (κ2) is 7.86. The van der Waals surface area contributed by atoms with Crippen molar-refractivity contribution in [2.75, 3.05) is 27.7 Å². The van der Waals surface area contributed by atoms with E-state index in [0.29, 0.717) is 25.3 Å². The molecule has 1 atom stereocenters. The van der Waals surface area contributed by atoms with Gasteiger partial charge in [-0.2, -0.15) is 5.10 Å². The van der Waals surface area contributed by atoms with Gasteiger partial charge in [0.1, 0.15) is 6.04 Å². The molecule has 10 nitrogen and oxygen atoms in total. The highest BCUT2D eigenvalue weighted by Gasteiger charge is 2.23. The average Bonchev–Trinajstić information content (AvgIpc) is 3.00. The van der Waals surface area contributed by atoms with Crippen LogP contribution in [-0.2, 0) is 29.2 Å². The van der Waals surface area contributed by atoms with E-state index in [4.69, 9.17) is 0 Å². The highest BCUT2D eigenvalue weighted by atomic mass is 16.5. The summed E-state index contributed by atoms with van der Waals surface area (Å²) in [6.07, 6.45) is -0.661. The third kappa shape index (κ3) is 4.61. The van der Waals surface area contributed by atoms with E-state index in [9.17, 15) is 14.4 Å². The summed E-state index contributed by atoms with van der Waals surface area (Å²) in [6, 6.07) is 1.12. The van der Waals surface area contributed by atoms with Crippen LogP contribution < -0.4 is 10.6 Å². The summed E-state index contributed by atoms with van der Waals surface area (Å²) in [5, 5.41) is 9.55. The first-order valence-electron chi connectivity index (χ1n) is 7.95. The smallest absolute Gasteiger partial charge is 0.407 e. The van der Waals surface area contributed by atoms with E-state index < -0.39 is 12.1 Å². The van der Waals surface area contributed by atoms with Crippen molar-refractivity contribution >= 4 is 18.0 Å². The fraction of sp³-hybridized carbons (Fsp3) is 0.600. The summed E-state index contributed by atoms with van der Waals surface area (Å²) in [5.74, 6) is -0.333. The summed E-state index contributed by atoms with van der Waals surface area (Å²) in [4.78, 5) is 38.4. The summed E-state index contributed by atoms with van der Waals surface area (Å²) >= 11 is 0. The van der Waals surface area contributed by atoms with Gasteiger partial charge in [0.15, 0.2) is 0 Å². The van der Waals surface area contributed by atoms with Gasteiger partial charge in [-0.05, 0) is 13.0 Å². The van der Waals surface area contributed by atoms with Crippen LogP contribution in [0.25, 0.3) is 0 Å². The van der Waals surface area contributed by atoms with Gasteiger partial charge < -0.3 is 25.2 Å². The van der Waals surface area contributed by atoms with Crippen molar-refractivity contribution in [2.45, 2.75) is 32.6 Å². The molecule has 1 aromatic heterocycles. The van der Waals surface area contributed by atoms with Gasteiger partial charge in [0.25, 0.3) is 0 Å². The number of nitrogens with zero attached hydrogens (tertiary/aromatic N) is 4. The summed E-state index contributed by atoms with van der Waals surface area (Å²) in [7, 11) is 4.68. The first kappa shape index (κ1) is 18.6. The lowest BCUT2D eigenvalue weighted by Crippen LogP contribution is -2.44. The maximum absolute atomic E-state index is 12.0. The molecule has 0 radical (unpaired) electrons. The number of hydrogen-bond donors (Lipinski definition) is 2. The molecule has 1 aliphatic heterocycles. The van der Waals surface area contributed by atoms with Crippen LogP contribution in [0.15, 0.2) is 6.07 Å². The van der Waals surface area contributed by atoms with Gasteiger partial charge in [-0.3, -0.25) is 9.48 Å². The molecule has 1 aromatic rings. The zero-order valence-corrected chi connectivity index (χ0v) is 14.9. The Balaban J connectivity index is 1.90. The number of carbonyl (C=O) groups excluding carboxylic acids is 3. The zero-order chi connectivity index (χ0) is 18.6. The molecule has 0 saturated heterocycles. The Morgan fingerprint density at radius 1 is 1.36 bits per heavy atom. The maximum atomic E-state index is 12.0. The van der Waals surface area contributed by atoms with Crippen LogP contribution in [0.1, 0.15) is 18.3 Å². The fourth-order valence-electron chi connectivity index (χ4n) is 2.49. The maximum Gasteiger partial charge on any atom is 0.407 e. The van der Waals surface area contributed by atoms with E-state index in [2.05, 4.69) is 20.5 Å². The molecule has 2 N–H and O–H groups in total. The normalized spacial score (nSPS) is 14.3. The monoisotopic (exact) mass is 352 g/mol. The topological polar surface area (TPSA) is 109 Å². The quantitative estimate of drug-likeness (QED) is 0.776. The van der Waals surface area contributed by atoms with Crippen molar-refractivity contribution in [1.29, 1.82) is 0 Å². The zero-order valence-electron chi connectivity index (χ0n) is 14.9. The number of carbonyl (C=O) groups is 3. The molecule has 4 amide bonds. The first-order chi connectivity index (χ1) is 11.8. The van der Waals surface area contributed by atoms with E-state index in [0.717, 1.165) is 5.69 Å². The minimum absolute atomic E-state index is 0.0370. The standard InChI is InChI=1S/C15H24N6O4/c1-10(17-14(23)25-4)13(22)16-8-11-7-12-9-20(15(24)19(2)3)5-6-21(12)18-11/h7,10H,5-6,8-9H2,1-4H3,(H,16,22)(H,17,23). The lowest BCUT2D eigenvalue weighted by Gasteiger charge is -2.29. The van der Waals surface area contributed by atoms with Gasteiger partial charge >= 0.3 is 12.1 Å². The van der Waals surface area contributed by atoms with Gasteiger partial charge in [-0.25, -0.2) is 9.59 Å². The molecular weight excluding hydrogens is 328 g/mol. The molecule has 2 rings (SSSR count). The van der Waals surface area contributed by atoms with E-state index >= 15 is 0 Å². The minimum Gasteiger partial charge on any atom is -0.453 e. The van der Waals surface area contributed by atoms with Gasteiger partial charge in [-0.15, -0.1) is 0 Å². The van der Waals surface area contributed by atoms with Crippen LogP contribution in [0.4, 0.5) is 9.59 Å². The molecular formula is C15H24N6O4. The first-order valence-corrected chi connectivity index (χ1v) is 7.95. The van der Waals surface area contributed by atoms with Crippen molar-refractivity contribution in [3.05, 3.63) is 17.5 Å². The fourth-order valence-corrected chi connectivity index (χ4v) is 2.49. The number of methoxy groups -OCH3 is 1. The lowest BCUT2D eigenvalue weighted by molar-refractivity contribution is -0.122. The highest BCUT2D eigenvalue weighted by molar-refractivity contribution is 5.85. The van der Waals surface area contributed by atoms with E-state index in [1.807, 2.05) is 10.7 Å². The molecule has 0 aromatic carbocycles. The molecule has 1 aliphatic rings. The van der Waals surface area contributed by atoms with Crippen molar-refractivity contribution < 1.29 is 19.1 Å². The molecule has 0 bridgehead atoms. The second-order valence-electron chi connectivity index (χ2n) is 6.02. The molecule has 25 heavy (non-hydrogen) atoms. The van der Waals surface area contributed by atoms with Crippen molar-refractivity contribution in [2.24, 2.45) is 0 Å². The average molecular weight is 352 g/mol. The Morgan fingerprint density at radius 3 is 2.72 bits per heavy atom. The molecule has 0 aliphatic carbocycles. The number of urea groups is 1. The summed E-state index contributed by atoms with van der Waals surface area (Å²) in [6.45, 7) is 3.50. The highest BCUT2D eigenvalue weighted by Crippen LogP contribution is 2.14. The third-order valence-electron chi connectivity index (χ3n) is 3.86. The van der Waals surface area contributed by atoms with Crippen LogP contribution in [-0.4, -0.2) is 71.4 Å². The number of rotatable bonds is 4. The van der Waals surface area contributed by atoms with Crippen LogP contribution in [0, 0.1) is 0 Å². The molecule has 138 valence electrons. The predicted molar refractivity (Wildman–Crippen MR) is 88.6 cm³/mol. The minimum atomic E-state index is -0.710. The molecule has 10 heteroatoms. The number of nitrogens with one attached hydrogen (secondary N) is 2. The Labute approximate surface area is 146 Å². The van der Waals surface area contributed by atoms with Crippen molar-refractivity contribution in [3.63, 3.8) is 0 Å². The Bertz CT molecular complexity index is 656. The second-order valence-corrected chi connectivity index (χ2v) is 6.02. The van der Waals surface area contributed by atoms with Gasteiger partial charge in [0.2, 0.25) is 5.91 Å². The van der Waals surface area contributed by atoms with Crippen molar-refractivity contribution in [3.8, 4) is 0 Å². The van der Waals surface area contributed by atoms with Crippen LogP contribution >= 0.6 is 0 Å². The number of ether oxygens (including phenoxy) is 1. The van der Waals surface area contributed by atoms with Gasteiger partial charge in [0, 0.05) is 20.6 Å². The SMILES string of the molecule is COC(=O)NC(C)C(=O)NCc1cc2n(n1)CCN(C(=O)N(C)C)C2. The van der Waals surface area contributed by atoms with Gasteiger partial charge in [0.05, 0.1) is 38.1 Å². The molecule has 0 spiro atoms. The van der Waals surface area contributed by atoms with E-state index in [-0.39, 0.29) is 18.5 Å². The molecule has 0 saturated carbocycles. The Morgan fingerprint density at radius 2 is 2.08 bits per heavy atom. The number of amides is 4. The number of alkyl carbamates (subject to hydrolysis) is 1. The molecule has 0 fully saturated rings. The molecule has 1 unspecified atom stereocenters. The number of hydrogen-bond acceptors (Lipinski definition) is 5. The Hall–Kier alpha value is -2.78. The number of aromatic nitrogens is 2. The third-order valence-corrected chi connectivity index (χ3v) is 3.86. The lowest BCUT2D eigenvalue weighted by atomic mass is 10.2. The van der Waals surface area contributed by atoms with Crippen molar-refractivity contribution in [1.82, 2.24) is 30.2 Å². The van der Waals surface area contributed by atoms with Crippen LogP contribution in [0.2, 0.25) is 0 Å². The van der Waals surface area contributed by atoms with Crippen LogP contribution in [0.5, 0.6) is 0 Å². The van der Waals surface area contributed by atoms with E-state index in [1.165, 1.54) is 7.11 Å². The van der Waals surface area contributed by atoms with E-state index in [1.54, 1.807) is 30.8 Å². The molecule has 2 heterocycles. The summed E-state index contributed by atoms with van der Waals surface area (Å²) in [5.41, 5.74) is 1.62. The Kier molecular flexibility index (Phi) is 5.84. The van der Waals surface area contributed by atoms with Crippen LogP contribution in [0.3, 0.4) is 0 Å².